The predicted molar refractivity (Wildman–Crippen MR) is 126 cm³/mol. The molecule has 3 aromatic heterocycles. The first kappa shape index (κ1) is 21.7. The van der Waals surface area contributed by atoms with Crippen molar-refractivity contribution < 1.29 is 9.53 Å². The summed E-state index contributed by atoms with van der Waals surface area (Å²) >= 11 is 0. The highest BCUT2D eigenvalue weighted by Gasteiger charge is 2.21. The van der Waals surface area contributed by atoms with E-state index in [1.807, 2.05) is 26.0 Å². The lowest BCUT2D eigenvalue weighted by Crippen LogP contribution is -2.33. The molecule has 8 heteroatoms. The molecule has 4 aromatic rings. The van der Waals surface area contributed by atoms with Crippen LogP contribution >= 0.6 is 0 Å². The van der Waals surface area contributed by atoms with Gasteiger partial charge in [-0.05, 0) is 56.5 Å². The van der Waals surface area contributed by atoms with Crippen LogP contribution in [0.15, 0.2) is 58.4 Å². The summed E-state index contributed by atoms with van der Waals surface area (Å²) in [5.74, 6) is -0.464. The molecule has 5 rings (SSSR count). The average molecular weight is 454 g/mol. The number of fused-ring (bicyclic) bond motifs is 2. The van der Waals surface area contributed by atoms with Crippen LogP contribution in [0, 0.1) is 25.2 Å². The molecule has 1 unspecified atom stereocenters. The third kappa shape index (κ3) is 3.80. The zero-order valence-corrected chi connectivity index (χ0v) is 19.0. The Hall–Kier alpha value is -4.09. The minimum atomic E-state index is -0.464. The van der Waals surface area contributed by atoms with E-state index in [0.29, 0.717) is 35.4 Å². The minimum Gasteiger partial charge on any atom is -0.376 e. The van der Waals surface area contributed by atoms with Crippen molar-refractivity contribution >= 4 is 22.6 Å². The number of benzene rings is 1. The Morgan fingerprint density at radius 2 is 2.09 bits per heavy atom. The molecule has 170 valence electrons. The fourth-order valence-corrected chi connectivity index (χ4v) is 4.39. The van der Waals surface area contributed by atoms with E-state index in [2.05, 4.69) is 11.1 Å². The average Bonchev–Trinajstić information content (AvgIpc) is 3.34. The zero-order valence-electron chi connectivity index (χ0n) is 19.0. The molecule has 8 nitrogen and oxygen atoms in total. The van der Waals surface area contributed by atoms with Gasteiger partial charge in [0, 0.05) is 18.4 Å². The molecule has 1 aliphatic rings. The van der Waals surface area contributed by atoms with Crippen molar-refractivity contribution in [3.05, 3.63) is 86.8 Å². The van der Waals surface area contributed by atoms with Crippen LogP contribution < -0.4 is 11.0 Å². The van der Waals surface area contributed by atoms with E-state index in [9.17, 15) is 14.9 Å². The lowest BCUT2D eigenvalue weighted by molar-refractivity contribution is 0.0952. The molecule has 1 aromatic carbocycles. The molecule has 1 aliphatic heterocycles. The summed E-state index contributed by atoms with van der Waals surface area (Å²) in [6.07, 6.45) is 3.30. The molecule has 1 fully saturated rings. The van der Waals surface area contributed by atoms with Crippen molar-refractivity contribution in [3.63, 3.8) is 0 Å². The predicted octanol–water partition coefficient (Wildman–Crippen LogP) is 3.06. The van der Waals surface area contributed by atoms with E-state index in [0.717, 1.165) is 24.0 Å². The van der Waals surface area contributed by atoms with Gasteiger partial charge in [0.1, 0.15) is 17.4 Å². The Balaban J connectivity index is 1.85. The van der Waals surface area contributed by atoms with Gasteiger partial charge in [0.2, 0.25) is 0 Å². The monoisotopic (exact) mass is 453 g/mol. The van der Waals surface area contributed by atoms with Gasteiger partial charge < -0.3 is 9.30 Å². The number of carbonyl (C=O) groups excluding carboxylic acids is 1. The highest BCUT2D eigenvalue weighted by atomic mass is 16.5. The molecule has 4 heterocycles. The summed E-state index contributed by atoms with van der Waals surface area (Å²) in [6, 6.07) is 14.4. The molecular weight excluding hydrogens is 430 g/mol. The van der Waals surface area contributed by atoms with Crippen LogP contribution in [-0.2, 0) is 11.3 Å². The van der Waals surface area contributed by atoms with E-state index < -0.39 is 5.91 Å². The highest BCUT2D eigenvalue weighted by Crippen LogP contribution is 2.18. The van der Waals surface area contributed by atoms with Gasteiger partial charge in [-0.15, -0.1) is 0 Å². The van der Waals surface area contributed by atoms with Gasteiger partial charge in [-0.3, -0.25) is 14.0 Å². The van der Waals surface area contributed by atoms with Crippen molar-refractivity contribution in [1.82, 2.24) is 14.0 Å². The largest absolute Gasteiger partial charge is 0.376 e. The van der Waals surface area contributed by atoms with Crippen molar-refractivity contribution in [3.8, 4) is 6.07 Å². The Bertz CT molecular complexity index is 1620. The van der Waals surface area contributed by atoms with Gasteiger partial charge in [-0.1, -0.05) is 23.8 Å². The smallest absolute Gasteiger partial charge is 0.279 e. The molecule has 0 N–H and O–H groups in total. The Morgan fingerprint density at radius 1 is 1.24 bits per heavy atom. The van der Waals surface area contributed by atoms with E-state index in [-0.39, 0.29) is 22.7 Å². The first-order valence-corrected chi connectivity index (χ1v) is 11.2. The summed E-state index contributed by atoms with van der Waals surface area (Å²) in [4.78, 5) is 35.6. The number of nitriles is 1. The van der Waals surface area contributed by atoms with Crippen LogP contribution in [0.3, 0.4) is 0 Å². The topological polar surface area (TPSA) is 102 Å². The maximum atomic E-state index is 13.4. The minimum absolute atomic E-state index is 0.123. The maximum absolute atomic E-state index is 13.4. The summed E-state index contributed by atoms with van der Waals surface area (Å²) < 4.78 is 9.02. The number of hydrogen-bond donors (Lipinski definition) is 0. The Labute approximate surface area is 195 Å². The summed E-state index contributed by atoms with van der Waals surface area (Å²) in [5, 5.41) is 10.2. The first-order chi connectivity index (χ1) is 16.5. The van der Waals surface area contributed by atoms with Gasteiger partial charge in [-0.2, -0.15) is 10.3 Å². The number of amides is 1. The van der Waals surface area contributed by atoms with E-state index in [1.54, 1.807) is 35.0 Å². The first-order valence-electron chi connectivity index (χ1n) is 11.2. The molecule has 0 bridgehead atoms. The second kappa shape index (κ2) is 8.69. The molecule has 0 saturated carbocycles. The van der Waals surface area contributed by atoms with Crippen molar-refractivity contribution in [1.29, 1.82) is 5.26 Å². The molecular formula is C26H23N5O3. The van der Waals surface area contributed by atoms with Crippen molar-refractivity contribution in [2.24, 2.45) is 4.99 Å². The van der Waals surface area contributed by atoms with E-state index in [4.69, 9.17) is 9.72 Å². The summed E-state index contributed by atoms with van der Waals surface area (Å²) in [5.41, 5.74) is 3.13. The van der Waals surface area contributed by atoms with Crippen molar-refractivity contribution in [2.45, 2.75) is 39.3 Å². The van der Waals surface area contributed by atoms with Gasteiger partial charge in [0.05, 0.1) is 23.6 Å². The van der Waals surface area contributed by atoms with E-state index >= 15 is 0 Å². The van der Waals surface area contributed by atoms with Crippen LogP contribution in [0.25, 0.3) is 16.7 Å². The van der Waals surface area contributed by atoms with Crippen molar-refractivity contribution in [2.75, 3.05) is 6.61 Å². The third-order valence-electron chi connectivity index (χ3n) is 6.11. The normalized spacial score (nSPS) is 16.3. The number of hydrogen-bond acceptors (Lipinski definition) is 5. The second-order valence-electron chi connectivity index (χ2n) is 8.56. The third-order valence-corrected chi connectivity index (χ3v) is 6.11. The number of aryl methyl sites for hydroxylation is 2. The number of carbonyl (C=O) groups is 1. The van der Waals surface area contributed by atoms with E-state index in [1.165, 1.54) is 10.5 Å². The van der Waals surface area contributed by atoms with Gasteiger partial charge in [0.15, 0.2) is 5.49 Å². The van der Waals surface area contributed by atoms with Crippen LogP contribution in [0.5, 0.6) is 0 Å². The Morgan fingerprint density at radius 3 is 2.82 bits per heavy atom. The number of ether oxygens (including phenoxy) is 1. The van der Waals surface area contributed by atoms with Crippen LogP contribution in [0.4, 0.5) is 0 Å². The van der Waals surface area contributed by atoms with Gasteiger partial charge in [-0.25, -0.2) is 4.98 Å². The lowest BCUT2D eigenvalue weighted by Gasteiger charge is -2.17. The maximum Gasteiger partial charge on any atom is 0.279 e. The fourth-order valence-electron chi connectivity index (χ4n) is 4.39. The molecule has 1 amide bonds. The zero-order chi connectivity index (χ0) is 23.8. The molecule has 1 saturated heterocycles. The standard InChI is InChI=1S/C26H23N5O3/c1-16-6-3-8-18(12-16)25(32)29-23-19(14-27)13-21-24(31(23)15-20-9-5-11-34-20)28-22-17(2)7-4-10-30(22)26(21)33/h3-4,6-8,10,12-13,20H,5,9,11,15H2,1-2H3. The molecule has 0 radical (unpaired) electrons. The lowest BCUT2D eigenvalue weighted by atomic mass is 10.1. The van der Waals surface area contributed by atoms with Gasteiger partial charge >= 0.3 is 0 Å². The fraction of sp³-hybridized carbons (Fsp3) is 0.269. The molecule has 1 atom stereocenters. The second-order valence-corrected chi connectivity index (χ2v) is 8.56. The van der Waals surface area contributed by atoms with Gasteiger partial charge in [0.25, 0.3) is 11.5 Å². The summed E-state index contributed by atoms with van der Waals surface area (Å²) in [6.45, 7) is 4.76. The number of rotatable bonds is 3. The molecule has 0 aliphatic carbocycles. The van der Waals surface area contributed by atoms with Crippen LogP contribution in [0.2, 0.25) is 0 Å². The molecule has 34 heavy (non-hydrogen) atoms. The molecule has 0 spiro atoms. The van der Waals surface area contributed by atoms with Crippen LogP contribution in [0.1, 0.15) is 39.9 Å². The SMILES string of the molecule is Cc1cccc(C(=O)N=c2c(C#N)cc3c(=O)n4cccc(C)c4nc3n2CC2CCCO2)c1. The summed E-state index contributed by atoms with van der Waals surface area (Å²) in [7, 11) is 0. The number of aromatic nitrogens is 3. The Kier molecular flexibility index (Phi) is 5.56. The van der Waals surface area contributed by atoms with Crippen LogP contribution in [-0.4, -0.2) is 32.6 Å². The quantitative estimate of drug-likeness (QED) is 0.444. The number of nitrogens with zero attached hydrogens (tertiary/aromatic N) is 5. The highest BCUT2D eigenvalue weighted by molar-refractivity contribution is 5.95. The number of pyridine rings is 2.